The molecule has 24 heavy (non-hydrogen) atoms. The van der Waals surface area contributed by atoms with Crippen LogP contribution in [0.5, 0.6) is 5.75 Å². The minimum atomic E-state index is -0.177. The molecule has 3 rings (SSSR count). The number of nitrogens with one attached hydrogen (secondary N) is 2. The third kappa shape index (κ3) is 3.24. The Morgan fingerprint density at radius 1 is 1.38 bits per heavy atom. The van der Waals surface area contributed by atoms with Gasteiger partial charge in [0.15, 0.2) is 5.65 Å². The molecule has 0 unspecified atom stereocenters. The van der Waals surface area contributed by atoms with Crippen LogP contribution in [0.3, 0.4) is 0 Å². The summed E-state index contributed by atoms with van der Waals surface area (Å²) in [5.74, 6) is 1.16. The van der Waals surface area contributed by atoms with Crippen molar-refractivity contribution in [3.05, 3.63) is 36.0 Å². The second-order valence-electron chi connectivity index (χ2n) is 5.85. The molecular weight excluding hydrogens is 306 g/mol. The highest BCUT2D eigenvalue weighted by Crippen LogP contribution is 2.23. The molecule has 0 spiro atoms. The SMILES string of the molecule is Cc1nn(C)c2n[nH]c(NC(=O)[C@H](C)CCOc3ccccc3)c12. The zero-order valence-corrected chi connectivity index (χ0v) is 14.0. The molecule has 0 saturated carbocycles. The maximum Gasteiger partial charge on any atom is 0.228 e. The quantitative estimate of drug-likeness (QED) is 0.729. The summed E-state index contributed by atoms with van der Waals surface area (Å²) in [4.78, 5) is 12.4. The van der Waals surface area contributed by atoms with Crippen molar-refractivity contribution < 1.29 is 9.53 Å². The molecule has 0 saturated heterocycles. The number of aromatic amines is 1. The van der Waals surface area contributed by atoms with E-state index in [1.165, 1.54) is 0 Å². The van der Waals surface area contributed by atoms with Gasteiger partial charge in [0.2, 0.25) is 5.91 Å². The number of rotatable bonds is 6. The summed E-state index contributed by atoms with van der Waals surface area (Å²) in [5.41, 5.74) is 1.56. The van der Waals surface area contributed by atoms with E-state index in [1.54, 1.807) is 4.68 Å². The van der Waals surface area contributed by atoms with Crippen LogP contribution >= 0.6 is 0 Å². The molecule has 0 fully saturated rings. The van der Waals surface area contributed by atoms with Gasteiger partial charge in [-0.1, -0.05) is 25.1 Å². The Morgan fingerprint density at radius 2 is 2.12 bits per heavy atom. The molecule has 0 aliphatic rings. The van der Waals surface area contributed by atoms with E-state index in [0.717, 1.165) is 22.5 Å². The molecule has 0 bridgehead atoms. The fourth-order valence-electron chi connectivity index (χ4n) is 2.57. The van der Waals surface area contributed by atoms with Gasteiger partial charge >= 0.3 is 0 Å². The Hall–Kier alpha value is -2.83. The van der Waals surface area contributed by atoms with Crippen LogP contribution < -0.4 is 10.1 Å². The van der Waals surface area contributed by atoms with Gasteiger partial charge < -0.3 is 10.1 Å². The Bertz CT molecular complexity index is 837. The van der Waals surface area contributed by atoms with Gasteiger partial charge in [-0.15, -0.1) is 0 Å². The van der Waals surface area contributed by atoms with Crippen molar-refractivity contribution in [3.63, 3.8) is 0 Å². The highest BCUT2D eigenvalue weighted by molar-refractivity contribution is 6.00. The molecule has 7 heteroatoms. The lowest BCUT2D eigenvalue weighted by Crippen LogP contribution is -2.22. The average molecular weight is 327 g/mol. The maximum atomic E-state index is 12.4. The largest absolute Gasteiger partial charge is 0.494 e. The fraction of sp³-hybridized carbons (Fsp3) is 0.353. The van der Waals surface area contributed by atoms with Gasteiger partial charge in [-0.05, 0) is 25.5 Å². The summed E-state index contributed by atoms with van der Waals surface area (Å²) in [6.45, 7) is 4.26. The summed E-state index contributed by atoms with van der Waals surface area (Å²) < 4.78 is 7.33. The lowest BCUT2D eigenvalue weighted by Gasteiger charge is -2.12. The molecule has 2 aromatic heterocycles. The van der Waals surface area contributed by atoms with E-state index in [-0.39, 0.29) is 11.8 Å². The van der Waals surface area contributed by atoms with Gasteiger partial charge in [0, 0.05) is 13.0 Å². The first kappa shape index (κ1) is 16.0. The lowest BCUT2D eigenvalue weighted by atomic mass is 10.1. The third-order valence-corrected chi connectivity index (χ3v) is 3.97. The first-order valence-electron chi connectivity index (χ1n) is 7.92. The molecule has 0 radical (unpaired) electrons. The Kier molecular flexibility index (Phi) is 4.50. The molecule has 0 aliphatic carbocycles. The van der Waals surface area contributed by atoms with E-state index < -0.39 is 0 Å². The Morgan fingerprint density at radius 3 is 2.88 bits per heavy atom. The van der Waals surface area contributed by atoms with E-state index in [0.29, 0.717) is 18.8 Å². The molecule has 3 aromatic rings. The zero-order chi connectivity index (χ0) is 17.1. The predicted octanol–water partition coefficient (Wildman–Crippen LogP) is 2.65. The normalized spacial score (nSPS) is 12.3. The minimum absolute atomic E-state index is 0.0690. The summed E-state index contributed by atoms with van der Waals surface area (Å²) in [7, 11) is 1.82. The van der Waals surface area contributed by atoms with Crippen molar-refractivity contribution in [1.82, 2.24) is 20.0 Å². The highest BCUT2D eigenvalue weighted by Gasteiger charge is 2.18. The van der Waals surface area contributed by atoms with E-state index in [2.05, 4.69) is 20.6 Å². The number of benzene rings is 1. The van der Waals surface area contributed by atoms with Crippen molar-refractivity contribution in [2.45, 2.75) is 20.3 Å². The predicted molar refractivity (Wildman–Crippen MR) is 91.9 cm³/mol. The number of carbonyl (C=O) groups is 1. The number of ether oxygens (including phenoxy) is 1. The van der Waals surface area contributed by atoms with E-state index in [9.17, 15) is 4.79 Å². The van der Waals surface area contributed by atoms with Crippen molar-refractivity contribution >= 4 is 22.8 Å². The number of aryl methyl sites for hydroxylation is 2. The van der Waals surface area contributed by atoms with Crippen LogP contribution in [-0.4, -0.2) is 32.5 Å². The van der Waals surface area contributed by atoms with Crippen LogP contribution in [0.15, 0.2) is 30.3 Å². The summed E-state index contributed by atoms with van der Waals surface area (Å²) >= 11 is 0. The summed E-state index contributed by atoms with van der Waals surface area (Å²) in [6.07, 6.45) is 0.629. The number of H-pyrrole nitrogens is 1. The van der Waals surface area contributed by atoms with Gasteiger partial charge in [-0.2, -0.15) is 10.2 Å². The van der Waals surface area contributed by atoms with Crippen molar-refractivity contribution in [2.24, 2.45) is 13.0 Å². The number of nitrogens with zero attached hydrogens (tertiary/aromatic N) is 3. The van der Waals surface area contributed by atoms with Gasteiger partial charge in [-0.25, -0.2) is 4.68 Å². The Labute approximate surface area is 140 Å². The van der Waals surface area contributed by atoms with Crippen LogP contribution in [0.1, 0.15) is 19.0 Å². The summed E-state index contributed by atoms with van der Waals surface area (Å²) in [6, 6.07) is 9.58. The first-order chi connectivity index (χ1) is 11.6. The average Bonchev–Trinajstić information content (AvgIpc) is 3.11. The number of carbonyl (C=O) groups excluding carboxylic acids is 1. The number of hydrogen-bond donors (Lipinski definition) is 2. The molecule has 0 aliphatic heterocycles. The maximum absolute atomic E-state index is 12.4. The number of hydrogen-bond acceptors (Lipinski definition) is 4. The molecule has 2 heterocycles. The lowest BCUT2D eigenvalue weighted by molar-refractivity contribution is -0.119. The molecule has 2 N–H and O–H groups in total. The molecule has 1 atom stereocenters. The minimum Gasteiger partial charge on any atom is -0.494 e. The molecule has 1 aromatic carbocycles. The van der Waals surface area contributed by atoms with Crippen LogP contribution in [0.25, 0.3) is 11.0 Å². The van der Waals surface area contributed by atoms with Gasteiger partial charge in [0.1, 0.15) is 11.6 Å². The zero-order valence-electron chi connectivity index (χ0n) is 14.0. The molecular formula is C17H21N5O2. The van der Waals surface area contributed by atoms with Crippen LogP contribution in [-0.2, 0) is 11.8 Å². The van der Waals surface area contributed by atoms with Crippen LogP contribution in [0, 0.1) is 12.8 Å². The standard InChI is InChI=1S/C17H21N5O2/c1-11(9-10-24-13-7-5-4-6-8-13)17(23)18-15-14-12(2)21-22(3)16(14)20-19-15/h4-8,11H,9-10H2,1-3H3,(H2,18,19,20,23)/t11-/m1/s1. The van der Waals surface area contributed by atoms with E-state index >= 15 is 0 Å². The van der Waals surface area contributed by atoms with Crippen molar-refractivity contribution in [1.29, 1.82) is 0 Å². The highest BCUT2D eigenvalue weighted by atomic mass is 16.5. The van der Waals surface area contributed by atoms with Crippen LogP contribution in [0.4, 0.5) is 5.82 Å². The summed E-state index contributed by atoms with van der Waals surface area (Å²) in [5, 5.41) is 15.1. The van der Waals surface area contributed by atoms with Gasteiger partial charge in [0.05, 0.1) is 17.7 Å². The smallest absolute Gasteiger partial charge is 0.228 e. The van der Waals surface area contributed by atoms with E-state index in [1.807, 2.05) is 51.2 Å². The van der Waals surface area contributed by atoms with Crippen LogP contribution in [0.2, 0.25) is 0 Å². The second-order valence-corrected chi connectivity index (χ2v) is 5.85. The van der Waals surface area contributed by atoms with Crippen molar-refractivity contribution in [2.75, 3.05) is 11.9 Å². The number of anilines is 1. The molecule has 7 nitrogen and oxygen atoms in total. The van der Waals surface area contributed by atoms with E-state index in [4.69, 9.17) is 4.74 Å². The number of amides is 1. The number of fused-ring (bicyclic) bond motifs is 1. The number of para-hydroxylation sites is 1. The Balaban J connectivity index is 1.57. The third-order valence-electron chi connectivity index (χ3n) is 3.97. The molecule has 1 amide bonds. The molecule has 126 valence electrons. The monoisotopic (exact) mass is 327 g/mol. The van der Waals surface area contributed by atoms with Gasteiger partial charge in [0.25, 0.3) is 0 Å². The second kappa shape index (κ2) is 6.74. The van der Waals surface area contributed by atoms with Crippen molar-refractivity contribution in [3.8, 4) is 5.75 Å². The topological polar surface area (TPSA) is 84.8 Å². The van der Waals surface area contributed by atoms with Gasteiger partial charge in [-0.3, -0.25) is 9.89 Å². The first-order valence-corrected chi connectivity index (χ1v) is 7.92. The fourth-order valence-corrected chi connectivity index (χ4v) is 2.57. The number of aromatic nitrogens is 4.